The van der Waals surface area contributed by atoms with Gasteiger partial charge in [-0.05, 0) is 31.5 Å². The summed E-state index contributed by atoms with van der Waals surface area (Å²) in [5.41, 5.74) is 4.61. The SMILES string of the molecule is CC(C)(C(=O)O)c1ccc(N)c(F)c1. The summed E-state index contributed by atoms with van der Waals surface area (Å²) in [6, 6.07) is 4.05. The Labute approximate surface area is 81.4 Å². The van der Waals surface area contributed by atoms with Crippen LogP contribution in [0, 0.1) is 5.82 Å². The van der Waals surface area contributed by atoms with E-state index in [2.05, 4.69) is 0 Å². The summed E-state index contributed by atoms with van der Waals surface area (Å²) in [6.45, 7) is 3.03. The number of nitrogens with two attached hydrogens (primary N) is 1. The van der Waals surface area contributed by atoms with Crippen LogP contribution in [0.5, 0.6) is 0 Å². The number of halogens is 1. The van der Waals surface area contributed by atoms with Crippen LogP contribution in [0.15, 0.2) is 18.2 Å². The summed E-state index contributed by atoms with van der Waals surface area (Å²) < 4.78 is 13.1. The molecule has 0 saturated carbocycles. The maximum Gasteiger partial charge on any atom is 0.313 e. The molecule has 0 amide bonds. The van der Waals surface area contributed by atoms with Gasteiger partial charge in [0.25, 0.3) is 0 Å². The maximum atomic E-state index is 13.1. The predicted molar refractivity (Wildman–Crippen MR) is 51.5 cm³/mol. The second-order valence-electron chi connectivity index (χ2n) is 3.67. The second-order valence-corrected chi connectivity index (χ2v) is 3.67. The molecular weight excluding hydrogens is 185 g/mol. The molecule has 0 saturated heterocycles. The first-order chi connectivity index (χ1) is 6.35. The quantitative estimate of drug-likeness (QED) is 0.710. The van der Waals surface area contributed by atoms with Gasteiger partial charge in [-0.15, -0.1) is 0 Å². The van der Waals surface area contributed by atoms with Gasteiger partial charge in [0.2, 0.25) is 0 Å². The molecule has 4 heteroatoms. The summed E-state index contributed by atoms with van der Waals surface area (Å²) >= 11 is 0. The average Bonchev–Trinajstić information content (AvgIpc) is 2.09. The highest BCUT2D eigenvalue weighted by Crippen LogP contribution is 2.25. The largest absolute Gasteiger partial charge is 0.481 e. The fourth-order valence-corrected chi connectivity index (χ4v) is 1.04. The van der Waals surface area contributed by atoms with Crippen molar-refractivity contribution in [3.8, 4) is 0 Å². The summed E-state index contributed by atoms with van der Waals surface area (Å²) in [4.78, 5) is 10.9. The minimum absolute atomic E-state index is 0.0231. The van der Waals surface area contributed by atoms with E-state index in [4.69, 9.17) is 10.8 Å². The third-order valence-electron chi connectivity index (χ3n) is 2.26. The van der Waals surface area contributed by atoms with Gasteiger partial charge in [-0.2, -0.15) is 0 Å². The van der Waals surface area contributed by atoms with Gasteiger partial charge in [-0.1, -0.05) is 6.07 Å². The van der Waals surface area contributed by atoms with Crippen molar-refractivity contribution >= 4 is 11.7 Å². The molecule has 0 fully saturated rings. The highest BCUT2D eigenvalue weighted by atomic mass is 19.1. The number of carboxylic acid groups (broad SMARTS) is 1. The van der Waals surface area contributed by atoms with Gasteiger partial charge in [0.1, 0.15) is 5.82 Å². The number of hydrogen-bond donors (Lipinski definition) is 2. The van der Waals surface area contributed by atoms with E-state index in [-0.39, 0.29) is 5.69 Å². The number of hydrogen-bond acceptors (Lipinski definition) is 2. The van der Waals surface area contributed by atoms with E-state index in [1.165, 1.54) is 26.0 Å². The minimum atomic E-state index is -1.10. The zero-order chi connectivity index (χ0) is 10.9. The molecule has 0 aliphatic rings. The van der Waals surface area contributed by atoms with Crippen molar-refractivity contribution < 1.29 is 14.3 Å². The molecule has 0 bridgehead atoms. The molecule has 3 nitrogen and oxygen atoms in total. The molecular formula is C10H12FNO2. The minimum Gasteiger partial charge on any atom is -0.481 e. The lowest BCUT2D eigenvalue weighted by Gasteiger charge is -2.19. The van der Waals surface area contributed by atoms with Crippen LogP contribution in [0.25, 0.3) is 0 Å². The predicted octanol–water partition coefficient (Wildman–Crippen LogP) is 1.77. The topological polar surface area (TPSA) is 63.3 Å². The van der Waals surface area contributed by atoms with Crippen LogP contribution >= 0.6 is 0 Å². The van der Waals surface area contributed by atoms with Gasteiger partial charge in [0.05, 0.1) is 11.1 Å². The number of nitrogen functional groups attached to an aromatic ring is 1. The Kier molecular flexibility index (Phi) is 2.47. The van der Waals surface area contributed by atoms with Crippen molar-refractivity contribution in [2.75, 3.05) is 5.73 Å². The molecule has 76 valence electrons. The first kappa shape index (κ1) is 10.5. The summed E-state index contributed by atoms with van der Waals surface area (Å²) in [5.74, 6) is -1.58. The lowest BCUT2D eigenvalue weighted by atomic mass is 9.85. The van der Waals surface area contributed by atoms with Gasteiger partial charge < -0.3 is 10.8 Å². The number of aliphatic carboxylic acids is 1. The Morgan fingerprint density at radius 2 is 2.07 bits per heavy atom. The van der Waals surface area contributed by atoms with E-state index in [0.717, 1.165) is 6.07 Å². The Hall–Kier alpha value is -1.58. The zero-order valence-electron chi connectivity index (χ0n) is 8.04. The molecule has 1 aromatic carbocycles. The Balaban J connectivity index is 3.21. The van der Waals surface area contributed by atoms with Crippen molar-refractivity contribution in [3.05, 3.63) is 29.6 Å². The van der Waals surface area contributed by atoms with Crippen LogP contribution in [0.3, 0.4) is 0 Å². The third kappa shape index (κ3) is 1.69. The average molecular weight is 197 g/mol. The normalized spacial score (nSPS) is 11.4. The summed E-state index contributed by atoms with van der Waals surface area (Å²) in [5, 5.41) is 8.90. The van der Waals surface area contributed by atoms with Crippen LogP contribution in [0.1, 0.15) is 19.4 Å². The maximum absolute atomic E-state index is 13.1. The number of carbonyl (C=O) groups is 1. The number of carboxylic acids is 1. The van der Waals surface area contributed by atoms with Crippen LogP contribution in [-0.2, 0) is 10.2 Å². The van der Waals surface area contributed by atoms with Crippen molar-refractivity contribution in [2.24, 2.45) is 0 Å². The van der Waals surface area contributed by atoms with Crippen molar-refractivity contribution in [1.29, 1.82) is 0 Å². The number of benzene rings is 1. The van der Waals surface area contributed by atoms with E-state index >= 15 is 0 Å². The first-order valence-corrected chi connectivity index (χ1v) is 4.14. The van der Waals surface area contributed by atoms with Gasteiger partial charge >= 0.3 is 5.97 Å². The van der Waals surface area contributed by atoms with Crippen molar-refractivity contribution in [2.45, 2.75) is 19.3 Å². The number of rotatable bonds is 2. The molecule has 3 N–H and O–H groups in total. The molecule has 0 radical (unpaired) electrons. The lowest BCUT2D eigenvalue weighted by molar-refractivity contribution is -0.142. The van der Waals surface area contributed by atoms with Gasteiger partial charge in [0, 0.05) is 0 Å². The first-order valence-electron chi connectivity index (χ1n) is 4.14. The number of anilines is 1. The molecule has 0 aliphatic heterocycles. The molecule has 0 unspecified atom stereocenters. The monoisotopic (exact) mass is 197 g/mol. The van der Waals surface area contributed by atoms with Crippen LogP contribution in [0.2, 0.25) is 0 Å². The van der Waals surface area contributed by atoms with E-state index < -0.39 is 17.2 Å². The summed E-state index contributed by atoms with van der Waals surface area (Å²) in [6.07, 6.45) is 0. The van der Waals surface area contributed by atoms with Gasteiger partial charge in [-0.3, -0.25) is 4.79 Å². The molecule has 0 spiro atoms. The van der Waals surface area contributed by atoms with Crippen LogP contribution in [-0.4, -0.2) is 11.1 Å². The van der Waals surface area contributed by atoms with E-state index in [1.54, 1.807) is 0 Å². The lowest BCUT2D eigenvalue weighted by Crippen LogP contribution is -2.28. The summed E-state index contributed by atoms with van der Waals surface area (Å²) in [7, 11) is 0. The van der Waals surface area contributed by atoms with Crippen molar-refractivity contribution in [3.63, 3.8) is 0 Å². The Morgan fingerprint density at radius 3 is 2.50 bits per heavy atom. The molecule has 0 heterocycles. The zero-order valence-corrected chi connectivity index (χ0v) is 8.04. The molecule has 0 aromatic heterocycles. The molecule has 0 atom stereocenters. The van der Waals surface area contributed by atoms with E-state index in [9.17, 15) is 9.18 Å². The molecule has 0 aliphatic carbocycles. The van der Waals surface area contributed by atoms with Crippen LogP contribution in [0.4, 0.5) is 10.1 Å². The van der Waals surface area contributed by atoms with Crippen molar-refractivity contribution in [1.82, 2.24) is 0 Å². The standard InChI is InChI=1S/C10H12FNO2/c1-10(2,9(13)14)6-3-4-8(12)7(11)5-6/h3-5H,12H2,1-2H3,(H,13,14). The third-order valence-corrected chi connectivity index (χ3v) is 2.26. The molecule has 14 heavy (non-hydrogen) atoms. The fraction of sp³-hybridized carbons (Fsp3) is 0.300. The van der Waals surface area contributed by atoms with E-state index in [1.807, 2.05) is 0 Å². The Bertz CT molecular complexity index is 374. The van der Waals surface area contributed by atoms with Crippen LogP contribution < -0.4 is 5.73 Å². The Morgan fingerprint density at radius 1 is 1.50 bits per heavy atom. The highest BCUT2D eigenvalue weighted by Gasteiger charge is 2.29. The highest BCUT2D eigenvalue weighted by molar-refractivity contribution is 5.80. The van der Waals surface area contributed by atoms with Gasteiger partial charge in [-0.25, -0.2) is 4.39 Å². The van der Waals surface area contributed by atoms with E-state index in [0.29, 0.717) is 5.56 Å². The smallest absolute Gasteiger partial charge is 0.313 e. The second kappa shape index (κ2) is 3.29. The molecule has 1 aromatic rings. The van der Waals surface area contributed by atoms with Gasteiger partial charge in [0.15, 0.2) is 0 Å². The fourth-order valence-electron chi connectivity index (χ4n) is 1.04. The molecule has 1 rings (SSSR count).